The second-order valence-corrected chi connectivity index (χ2v) is 4.48. The smallest absolute Gasteiger partial charge is 0.195 e. The second kappa shape index (κ2) is 5.09. The van der Waals surface area contributed by atoms with E-state index in [1.165, 1.54) is 4.80 Å². The lowest BCUT2D eigenvalue weighted by atomic mass is 9.98. The van der Waals surface area contributed by atoms with Gasteiger partial charge in [-0.2, -0.15) is 15.0 Å². The van der Waals surface area contributed by atoms with Crippen LogP contribution in [0, 0.1) is 6.92 Å². The van der Waals surface area contributed by atoms with Gasteiger partial charge in [-0.15, -0.1) is 0 Å². The van der Waals surface area contributed by atoms with Gasteiger partial charge in [0.2, 0.25) is 0 Å². The van der Waals surface area contributed by atoms with Crippen LogP contribution in [0.5, 0.6) is 0 Å². The van der Waals surface area contributed by atoms with Crippen molar-refractivity contribution in [3.63, 3.8) is 0 Å². The van der Waals surface area contributed by atoms with Crippen LogP contribution in [-0.2, 0) is 0 Å². The fraction of sp³-hybridized carbons (Fsp3) is 0.0625. The Labute approximate surface area is 116 Å². The minimum atomic E-state index is -0.0176. The van der Waals surface area contributed by atoms with Crippen LogP contribution < -0.4 is 0 Å². The average molecular weight is 263 g/mol. The van der Waals surface area contributed by atoms with Gasteiger partial charge in [-0.1, -0.05) is 36.4 Å². The number of carbonyl (C=O) groups is 1. The molecule has 0 saturated carbocycles. The highest BCUT2D eigenvalue weighted by Crippen LogP contribution is 2.19. The van der Waals surface area contributed by atoms with Gasteiger partial charge in [0.15, 0.2) is 5.78 Å². The number of aromatic nitrogens is 3. The summed E-state index contributed by atoms with van der Waals surface area (Å²) in [6.07, 6.45) is 3.18. The normalized spacial score (nSPS) is 10.4. The maximum atomic E-state index is 12.7. The van der Waals surface area contributed by atoms with Crippen LogP contribution in [0.15, 0.2) is 60.9 Å². The summed E-state index contributed by atoms with van der Waals surface area (Å²) >= 11 is 0. The predicted octanol–water partition coefficient (Wildman–Crippen LogP) is 2.81. The maximum Gasteiger partial charge on any atom is 0.195 e. The first-order valence-corrected chi connectivity index (χ1v) is 6.33. The van der Waals surface area contributed by atoms with E-state index in [-0.39, 0.29) is 5.78 Å². The van der Waals surface area contributed by atoms with Crippen molar-refractivity contribution in [2.45, 2.75) is 6.92 Å². The number of benzene rings is 2. The molecular formula is C16H13N3O. The van der Waals surface area contributed by atoms with E-state index in [1.807, 2.05) is 49.4 Å². The number of ketones is 1. The van der Waals surface area contributed by atoms with Gasteiger partial charge in [0.1, 0.15) is 0 Å². The number of carbonyl (C=O) groups excluding carboxylic acids is 1. The van der Waals surface area contributed by atoms with Gasteiger partial charge in [-0.3, -0.25) is 4.79 Å². The van der Waals surface area contributed by atoms with E-state index in [9.17, 15) is 4.79 Å². The highest BCUT2D eigenvalue weighted by molar-refractivity contribution is 6.11. The molecule has 0 aliphatic rings. The molecule has 0 amide bonds. The minimum absolute atomic E-state index is 0.0176. The fourth-order valence-corrected chi connectivity index (χ4v) is 2.15. The molecule has 4 nitrogen and oxygen atoms in total. The summed E-state index contributed by atoms with van der Waals surface area (Å²) in [7, 11) is 0. The number of hydrogen-bond acceptors (Lipinski definition) is 3. The van der Waals surface area contributed by atoms with Crippen molar-refractivity contribution in [3.8, 4) is 5.69 Å². The zero-order chi connectivity index (χ0) is 13.9. The Morgan fingerprint density at radius 3 is 2.20 bits per heavy atom. The van der Waals surface area contributed by atoms with E-state index in [4.69, 9.17) is 0 Å². The SMILES string of the molecule is Cc1ccccc1C(=O)c1ccccc1-n1nccn1. The number of para-hydroxylation sites is 1. The third kappa shape index (κ3) is 2.12. The molecule has 3 aromatic rings. The van der Waals surface area contributed by atoms with Gasteiger partial charge in [0.25, 0.3) is 0 Å². The zero-order valence-corrected chi connectivity index (χ0v) is 11.0. The van der Waals surface area contributed by atoms with Crippen LogP contribution in [0.3, 0.4) is 0 Å². The van der Waals surface area contributed by atoms with Crippen LogP contribution in [-0.4, -0.2) is 20.8 Å². The van der Waals surface area contributed by atoms with Crippen molar-refractivity contribution in [3.05, 3.63) is 77.6 Å². The third-order valence-corrected chi connectivity index (χ3v) is 3.17. The van der Waals surface area contributed by atoms with Gasteiger partial charge in [-0.05, 0) is 24.6 Å². The fourth-order valence-electron chi connectivity index (χ4n) is 2.15. The summed E-state index contributed by atoms with van der Waals surface area (Å²) in [5, 5.41) is 8.20. The molecule has 0 spiro atoms. The van der Waals surface area contributed by atoms with Crippen LogP contribution in [0.2, 0.25) is 0 Å². The molecule has 2 aromatic carbocycles. The standard InChI is InChI=1S/C16H13N3O/c1-12-6-2-3-7-13(12)16(20)14-8-4-5-9-15(14)19-17-10-11-18-19/h2-11H,1H3. The summed E-state index contributed by atoms with van der Waals surface area (Å²) in [6, 6.07) is 14.9. The van der Waals surface area contributed by atoms with Crippen molar-refractivity contribution in [2.24, 2.45) is 0 Å². The van der Waals surface area contributed by atoms with Crippen molar-refractivity contribution in [1.82, 2.24) is 15.0 Å². The molecule has 0 radical (unpaired) electrons. The van der Waals surface area contributed by atoms with E-state index in [1.54, 1.807) is 18.5 Å². The van der Waals surface area contributed by atoms with Crippen molar-refractivity contribution >= 4 is 5.78 Å². The molecule has 0 aliphatic heterocycles. The Hall–Kier alpha value is -2.75. The van der Waals surface area contributed by atoms with E-state index in [0.29, 0.717) is 16.8 Å². The molecule has 0 saturated heterocycles. The highest BCUT2D eigenvalue weighted by Gasteiger charge is 2.16. The largest absolute Gasteiger partial charge is 0.289 e. The third-order valence-electron chi connectivity index (χ3n) is 3.17. The molecule has 0 atom stereocenters. The molecule has 0 unspecified atom stereocenters. The summed E-state index contributed by atoms with van der Waals surface area (Å²) in [4.78, 5) is 14.2. The molecule has 0 fully saturated rings. The molecule has 0 aliphatic carbocycles. The quantitative estimate of drug-likeness (QED) is 0.683. The van der Waals surface area contributed by atoms with Gasteiger partial charge in [0.05, 0.1) is 23.6 Å². The summed E-state index contributed by atoms with van der Waals surface area (Å²) in [5.41, 5.74) is 2.94. The van der Waals surface area contributed by atoms with E-state index < -0.39 is 0 Å². The molecule has 1 aromatic heterocycles. The lowest BCUT2D eigenvalue weighted by Gasteiger charge is -2.09. The molecular weight excluding hydrogens is 250 g/mol. The predicted molar refractivity (Wildman–Crippen MR) is 76.0 cm³/mol. The summed E-state index contributed by atoms with van der Waals surface area (Å²) in [6.45, 7) is 1.93. The first-order chi connectivity index (χ1) is 9.77. The van der Waals surface area contributed by atoms with E-state index in [0.717, 1.165) is 5.56 Å². The first-order valence-electron chi connectivity index (χ1n) is 6.33. The Balaban J connectivity index is 2.12. The van der Waals surface area contributed by atoms with E-state index >= 15 is 0 Å². The van der Waals surface area contributed by atoms with E-state index in [2.05, 4.69) is 10.2 Å². The zero-order valence-electron chi connectivity index (χ0n) is 11.0. The molecule has 1 heterocycles. The van der Waals surface area contributed by atoms with Crippen molar-refractivity contribution in [2.75, 3.05) is 0 Å². The first kappa shape index (κ1) is 12.3. The lowest BCUT2D eigenvalue weighted by Crippen LogP contribution is -2.10. The maximum absolute atomic E-state index is 12.7. The Morgan fingerprint density at radius 1 is 0.900 bits per heavy atom. The topological polar surface area (TPSA) is 47.8 Å². The number of hydrogen-bond donors (Lipinski definition) is 0. The monoisotopic (exact) mass is 263 g/mol. The van der Waals surface area contributed by atoms with Gasteiger partial charge in [-0.25, -0.2) is 0 Å². The van der Waals surface area contributed by atoms with Crippen LogP contribution >= 0.6 is 0 Å². The van der Waals surface area contributed by atoms with Gasteiger partial charge < -0.3 is 0 Å². The average Bonchev–Trinajstić information content (AvgIpc) is 3.01. The van der Waals surface area contributed by atoms with Crippen LogP contribution in [0.1, 0.15) is 21.5 Å². The lowest BCUT2D eigenvalue weighted by molar-refractivity contribution is 0.103. The molecule has 0 N–H and O–H groups in total. The van der Waals surface area contributed by atoms with Crippen LogP contribution in [0.25, 0.3) is 5.69 Å². The summed E-state index contributed by atoms with van der Waals surface area (Å²) in [5.74, 6) is -0.0176. The number of rotatable bonds is 3. The Bertz CT molecular complexity index is 748. The molecule has 98 valence electrons. The van der Waals surface area contributed by atoms with Gasteiger partial charge in [0, 0.05) is 5.56 Å². The molecule has 3 rings (SSSR count). The second-order valence-electron chi connectivity index (χ2n) is 4.48. The summed E-state index contributed by atoms with van der Waals surface area (Å²) < 4.78 is 0. The van der Waals surface area contributed by atoms with Crippen molar-refractivity contribution in [1.29, 1.82) is 0 Å². The molecule has 20 heavy (non-hydrogen) atoms. The number of nitrogens with zero attached hydrogens (tertiary/aromatic N) is 3. The Morgan fingerprint density at radius 2 is 1.50 bits per heavy atom. The highest BCUT2D eigenvalue weighted by atomic mass is 16.1. The molecule has 0 bridgehead atoms. The minimum Gasteiger partial charge on any atom is -0.289 e. The molecule has 4 heteroatoms. The van der Waals surface area contributed by atoms with Crippen LogP contribution in [0.4, 0.5) is 0 Å². The number of aryl methyl sites for hydroxylation is 1. The van der Waals surface area contributed by atoms with Crippen molar-refractivity contribution < 1.29 is 4.79 Å². The Kier molecular flexibility index (Phi) is 3.13. The van der Waals surface area contributed by atoms with Gasteiger partial charge >= 0.3 is 0 Å².